The van der Waals surface area contributed by atoms with Crippen LogP contribution in [0.1, 0.15) is 25.3 Å². The fraction of sp³-hybridized carbons (Fsp3) is 0.333. The predicted octanol–water partition coefficient (Wildman–Crippen LogP) is 2.25. The number of nitrogen functional groups attached to an aromatic ring is 1. The second-order valence-corrected chi connectivity index (χ2v) is 4.23. The Morgan fingerprint density at radius 1 is 1.25 bits per heavy atom. The third-order valence-corrected chi connectivity index (χ3v) is 3.26. The maximum Gasteiger partial charge on any atom is 0.0953 e. The van der Waals surface area contributed by atoms with Crippen LogP contribution < -0.4 is 5.73 Å². The van der Waals surface area contributed by atoms with Crippen LogP contribution in [0.2, 0.25) is 0 Å². The van der Waals surface area contributed by atoms with E-state index >= 15 is 0 Å². The molecule has 16 heavy (non-hydrogen) atoms. The van der Waals surface area contributed by atoms with Crippen LogP contribution in [-0.4, -0.2) is 14.5 Å². The lowest BCUT2D eigenvalue weighted by Gasteiger charge is -2.28. The summed E-state index contributed by atoms with van der Waals surface area (Å²) in [5.41, 5.74) is 8.78. The van der Waals surface area contributed by atoms with Crippen LogP contribution >= 0.6 is 0 Å². The Balaban J connectivity index is 2.06. The number of rotatable bonds is 2. The molecule has 0 aromatic carbocycles. The first-order valence-corrected chi connectivity index (χ1v) is 5.58. The summed E-state index contributed by atoms with van der Waals surface area (Å²) in [6, 6.07) is 2.42. The van der Waals surface area contributed by atoms with Gasteiger partial charge in [0.25, 0.3) is 0 Å². The quantitative estimate of drug-likeness (QED) is 0.834. The summed E-state index contributed by atoms with van der Waals surface area (Å²) in [4.78, 5) is 8.35. The smallest absolute Gasteiger partial charge is 0.0953 e. The predicted molar refractivity (Wildman–Crippen MR) is 62.8 cm³/mol. The highest BCUT2D eigenvalue weighted by Gasteiger charge is 2.22. The molecule has 1 saturated carbocycles. The molecule has 3 rings (SSSR count). The number of aromatic nitrogens is 3. The first-order chi connectivity index (χ1) is 7.86. The van der Waals surface area contributed by atoms with Crippen molar-refractivity contribution in [1.29, 1.82) is 0 Å². The fourth-order valence-corrected chi connectivity index (χ4v) is 2.09. The van der Waals surface area contributed by atoms with Crippen LogP contribution in [0.3, 0.4) is 0 Å². The van der Waals surface area contributed by atoms with E-state index in [1.165, 1.54) is 19.3 Å². The number of pyridine rings is 1. The highest BCUT2D eigenvalue weighted by molar-refractivity contribution is 5.72. The Hall–Kier alpha value is -1.84. The lowest BCUT2D eigenvalue weighted by molar-refractivity contribution is 0.316. The van der Waals surface area contributed by atoms with Crippen molar-refractivity contribution in [3.05, 3.63) is 31.0 Å². The molecule has 0 spiro atoms. The SMILES string of the molecule is Nc1ccncc1-c1cncn1C1CCC1. The topological polar surface area (TPSA) is 56.7 Å². The molecule has 2 aromatic heterocycles. The number of nitrogens with two attached hydrogens (primary N) is 1. The zero-order chi connectivity index (χ0) is 11.0. The van der Waals surface area contributed by atoms with Crippen molar-refractivity contribution in [3.8, 4) is 11.3 Å². The largest absolute Gasteiger partial charge is 0.398 e. The van der Waals surface area contributed by atoms with Crippen LogP contribution in [0.15, 0.2) is 31.0 Å². The zero-order valence-electron chi connectivity index (χ0n) is 9.00. The number of nitrogens with zero attached hydrogens (tertiary/aromatic N) is 3. The first-order valence-electron chi connectivity index (χ1n) is 5.58. The van der Waals surface area contributed by atoms with Gasteiger partial charge in [0.2, 0.25) is 0 Å². The van der Waals surface area contributed by atoms with Gasteiger partial charge >= 0.3 is 0 Å². The number of hydrogen-bond donors (Lipinski definition) is 1. The molecular formula is C12H14N4. The normalized spacial score (nSPS) is 16.0. The number of anilines is 1. The average Bonchev–Trinajstić information content (AvgIpc) is 2.65. The minimum Gasteiger partial charge on any atom is -0.398 e. The zero-order valence-corrected chi connectivity index (χ0v) is 9.00. The Bertz CT molecular complexity index is 499. The van der Waals surface area contributed by atoms with Crippen molar-refractivity contribution in [2.45, 2.75) is 25.3 Å². The molecule has 4 nitrogen and oxygen atoms in total. The van der Waals surface area contributed by atoms with Gasteiger partial charge in [-0.15, -0.1) is 0 Å². The van der Waals surface area contributed by atoms with Gasteiger partial charge in [-0.3, -0.25) is 4.98 Å². The van der Waals surface area contributed by atoms with Gasteiger partial charge in [-0.25, -0.2) is 4.98 Å². The van der Waals surface area contributed by atoms with Crippen molar-refractivity contribution < 1.29 is 0 Å². The molecule has 0 radical (unpaired) electrons. The molecule has 2 heterocycles. The molecule has 1 fully saturated rings. The van der Waals surface area contributed by atoms with Crippen molar-refractivity contribution in [2.75, 3.05) is 5.73 Å². The minimum atomic E-state index is 0.595. The summed E-state index contributed by atoms with van der Waals surface area (Å²) in [6.07, 6.45) is 11.1. The van der Waals surface area contributed by atoms with Crippen LogP contribution in [-0.2, 0) is 0 Å². The molecule has 1 aliphatic rings. The van der Waals surface area contributed by atoms with Gasteiger partial charge in [-0.2, -0.15) is 0 Å². The van der Waals surface area contributed by atoms with Crippen molar-refractivity contribution in [1.82, 2.24) is 14.5 Å². The second kappa shape index (κ2) is 3.63. The summed E-state index contributed by atoms with van der Waals surface area (Å²) in [5.74, 6) is 0. The highest BCUT2D eigenvalue weighted by Crippen LogP contribution is 2.36. The summed E-state index contributed by atoms with van der Waals surface area (Å²) in [6.45, 7) is 0. The van der Waals surface area contributed by atoms with Crippen molar-refractivity contribution in [2.24, 2.45) is 0 Å². The molecule has 4 heteroatoms. The van der Waals surface area contributed by atoms with E-state index in [0.717, 1.165) is 16.9 Å². The van der Waals surface area contributed by atoms with Crippen molar-refractivity contribution in [3.63, 3.8) is 0 Å². The monoisotopic (exact) mass is 214 g/mol. The molecule has 0 saturated heterocycles. The van der Waals surface area contributed by atoms with E-state index in [1.807, 2.05) is 24.8 Å². The van der Waals surface area contributed by atoms with Gasteiger partial charge < -0.3 is 10.3 Å². The molecule has 0 aliphatic heterocycles. The summed E-state index contributed by atoms with van der Waals surface area (Å²) < 4.78 is 2.22. The van der Waals surface area contributed by atoms with Gasteiger partial charge in [0.1, 0.15) is 0 Å². The first kappa shape index (κ1) is 9.39. The van der Waals surface area contributed by atoms with Crippen LogP contribution in [0.25, 0.3) is 11.3 Å². The van der Waals surface area contributed by atoms with Gasteiger partial charge in [-0.05, 0) is 25.3 Å². The van der Waals surface area contributed by atoms with Crippen molar-refractivity contribution >= 4 is 5.69 Å². The summed E-state index contributed by atoms with van der Waals surface area (Å²) >= 11 is 0. The van der Waals surface area contributed by atoms with Crippen LogP contribution in [0.5, 0.6) is 0 Å². The summed E-state index contributed by atoms with van der Waals surface area (Å²) in [7, 11) is 0. The average molecular weight is 214 g/mol. The molecule has 2 N–H and O–H groups in total. The standard InChI is InChI=1S/C12H14N4/c13-11-4-5-14-6-10(11)12-7-15-8-16(12)9-2-1-3-9/h4-9H,1-3H2,(H2,13,14). The van der Waals surface area contributed by atoms with Gasteiger partial charge in [-0.1, -0.05) is 0 Å². The molecule has 0 unspecified atom stereocenters. The minimum absolute atomic E-state index is 0.595. The van der Waals surface area contributed by atoms with E-state index in [4.69, 9.17) is 5.73 Å². The molecule has 1 aliphatic carbocycles. The van der Waals surface area contributed by atoms with Gasteiger partial charge in [0.15, 0.2) is 0 Å². The Morgan fingerprint density at radius 3 is 2.81 bits per heavy atom. The lowest BCUT2D eigenvalue weighted by Crippen LogP contribution is -2.17. The van der Waals surface area contributed by atoms with E-state index in [1.54, 1.807) is 6.20 Å². The molecule has 82 valence electrons. The lowest BCUT2D eigenvalue weighted by atomic mass is 9.92. The van der Waals surface area contributed by atoms with E-state index in [-0.39, 0.29) is 0 Å². The Labute approximate surface area is 94.1 Å². The van der Waals surface area contributed by atoms with Gasteiger partial charge in [0.05, 0.1) is 18.2 Å². The summed E-state index contributed by atoms with van der Waals surface area (Å²) in [5, 5.41) is 0. The second-order valence-electron chi connectivity index (χ2n) is 4.23. The molecule has 0 bridgehead atoms. The third-order valence-electron chi connectivity index (χ3n) is 3.26. The maximum absolute atomic E-state index is 5.96. The fourth-order valence-electron chi connectivity index (χ4n) is 2.09. The van der Waals surface area contributed by atoms with E-state index in [0.29, 0.717) is 6.04 Å². The molecule has 2 aromatic rings. The van der Waals surface area contributed by atoms with Gasteiger partial charge in [0, 0.05) is 29.7 Å². The molecule has 0 amide bonds. The maximum atomic E-state index is 5.96. The van der Waals surface area contributed by atoms with Crippen LogP contribution in [0, 0.1) is 0 Å². The van der Waals surface area contributed by atoms with Crippen LogP contribution in [0.4, 0.5) is 5.69 Å². The third kappa shape index (κ3) is 1.38. The van der Waals surface area contributed by atoms with E-state index in [2.05, 4.69) is 14.5 Å². The molecular weight excluding hydrogens is 200 g/mol. The van der Waals surface area contributed by atoms with E-state index in [9.17, 15) is 0 Å². The number of hydrogen-bond acceptors (Lipinski definition) is 3. The Morgan fingerprint density at radius 2 is 2.12 bits per heavy atom. The Kier molecular flexibility index (Phi) is 2.13. The van der Waals surface area contributed by atoms with E-state index < -0.39 is 0 Å². The number of imidazole rings is 1. The highest BCUT2D eigenvalue weighted by atomic mass is 15.1. The molecule has 0 atom stereocenters.